The molecule has 1 aliphatic rings. The lowest BCUT2D eigenvalue weighted by Crippen LogP contribution is -2.51. The number of aliphatic carboxylic acids is 1. The molecule has 1 saturated carbocycles. The summed E-state index contributed by atoms with van der Waals surface area (Å²) in [6, 6.07) is -0.782. The van der Waals surface area contributed by atoms with Crippen molar-refractivity contribution >= 4 is 18.6 Å². The largest absolute Gasteiger partial charge is 0.480 e. The van der Waals surface area contributed by atoms with Gasteiger partial charge < -0.3 is 10.8 Å². The van der Waals surface area contributed by atoms with E-state index in [2.05, 4.69) is 12.6 Å². The smallest absolute Gasteiger partial charge is 0.321 e. The maximum Gasteiger partial charge on any atom is 0.321 e. The van der Waals surface area contributed by atoms with Gasteiger partial charge in [0.15, 0.2) is 0 Å². The van der Waals surface area contributed by atoms with Gasteiger partial charge in [0, 0.05) is 10.7 Å². The molecule has 13 heavy (non-hydrogen) atoms. The van der Waals surface area contributed by atoms with Gasteiger partial charge >= 0.3 is 5.97 Å². The summed E-state index contributed by atoms with van der Waals surface area (Å²) in [4.78, 5) is 10.8. The molecule has 0 radical (unpaired) electrons. The van der Waals surface area contributed by atoms with Crippen LogP contribution in [-0.2, 0) is 4.79 Å². The van der Waals surface area contributed by atoms with Crippen LogP contribution in [0.1, 0.15) is 32.6 Å². The normalized spacial score (nSPS) is 37.0. The lowest BCUT2D eigenvalue weighted by atomic mass is 9.70. The number of carboxylic acids is 1. The monoisotopic (exact) mass is 203 g/mol. The summed E-state index contributed by atoms with van der Waals surface area (Å²) in [5.74, 6) is -0.913. The molecule has 3 N–H and O–H groups in total. The molecular formula is C9H17NO2S. The number of hydrogen-bond donors (Lipinski definition) is 3. The van der Waals surface area contributed by atoms with Gasteiger partial charge in [0.05, 0.1) is 0 Å². The van der Waals surface area contributed by atoms with Gasteiger partial charge in [-0.15, -0.1) is 0 Å². The zero-order valence-corrected chi connectivity index (χ0v) is 8.76. The van der Waals surface area contributed by atoms with Gasteiger partial charge in [-0.1, -0.05) is 19.8 Å². The molecule has 3 atom stereocenters. The van der Waals surface area contributed by atoms with Gasteiger partial charge in [-0.25, -0.2) is 0 Å². The van der Waals surface area contributed by atoms with Gasteiger partial charge in [0.25, 0.3) is 0 Å². The van der Waals surface area contributed by atoms with Crippen molar-refractivity contribution in [3.63, 3.8) is 0 Å². The number of carbonyl (C=O) groups is 1. The minimum absolute atomic E-state index is 0.118. The molecule has 0 amide bonds. The Morgan fingerprint density at radius 2 is 2.31 bits per heavy atom. The Labute approximate surface area is 84.1 Å². The minimum Gasteiger partial charge on any atom is -0.480 e. The second-order valence-electron chi connectivity index (χ2n) is 4.08. The Bertz CT molecular complexity index is 210. The van der Waals surface area contributed by atoms with Gasteiger partial charge in [0.2, 0.25) is 0 Å². The Morgan fingerprint density at radius 1 is 1.69 bits per heavy atom. The Kier molecular flexibility index (Phi) is 3.24. The molecule has 3 unspecified atom stereocenters. The summed E-state index contributed by atoms with van der Waals surface area (Å²) in [5, 5.41) is 8.98. The molecule has 3 nitrogen and oxygen atoms in total. The highest BCUT2D eigenvalue weighted by atomic mass is 32.1. The Morgan fingerprint density at radius 3 is 2.77 bits per heavy atom. The molecule has 0 aromatic heterocycles. The van der Waals surface area contributed by atoms with Crippen molar-refractivity contribution in [1.29, 1.82) is 0 Å². The molecule has 1 rings (SSSR count). The first kappa shape index (κ1) is 10.9. The third kappa shape index (κ3) is 1.99. The number of hydrogen-bond acceptors (Lipinski definition) is 3. The summed E-state index contributed by atoms with van der Waals surface area (Å²) >= 11 is 4.43. The van der Waals surface area contributed by atoms with Crippen LogP contribution >= 0.6 is 12.6 Å². The van der Waals surface area contributed by atoms with Crippen molar-refractivity contribution in [2.75, 3.05) is 0 Å². The fourth-order valence-electron chi connectivity index (χ4n) is 1.98. The van der Waals surface area contributed by atoms with E-state index < -0.39 is 12.0 Å². The Balaban J connectivity index is 2.77. The number of carboxylic acid groups (broad SMARTS) is 1. The summed E-state index contributed by atoms with van der Waals surface area (Å²) in [6.45, 7) is 1.93. The second-order valence-corrected chi connectivity index (χ2v) is 4.71. The lowest BCUT2D eigenvalue weighted by molar-refractivity contribution is -0.142. The van der Waals surface area contributed by atoms with Crippen molar-refractivity contribution in [3.05, 3.63) is 0 Å². The highest BCUT2D eigenvalue weighted by Gasteiger charge is 2.42. The topological polar surface area (TPSA) is 63.3 Å². The van der Waals surface area contributed by atoms with E-state index in [0.29, 0.717) is 0 Å². The average molecular weight is 203 g/mol. The van der Waals surface area contributed by atoms with Crippen LogP contribution in [0.4, 0.5) is 0 Å². The first-order chi connectivity index (χ1) is 5.98. The van der Waals surface area contributed by atoms with Crippen molar-refractivity contribution < 1.29 is 9.90 Å². The maximum absolute atomic E-state index is 10.8. The first-order valence-corrected chi connectivity index (χ1v) is 5.16. The van der Waals surface area contributed by atoms with Crippen LogP contribution in [0.25, 0.3) is 0 Å². The standard InChI is InChI=1S/C9H17NO2S/c1-9(7(10)8(11)12)5-3-2-4-6(9)13/h6-7,13H,2-5,10H2,1H3,(H,11,12). The molecule has 1 aliphatic carbocycles. The van der Waals surface area contributed by atoms with Crippen LogP contribution in [0.3, 0.4) is 0 Å². The van der Waals surface area contributed by atoms with Gasteiger partial charge in [-0.05, 0) is 12.8 Å². The molecule has 0 aromatic carbocycles. The number of thiol groups is 1. The number of rotatable bonds is 2. The minimum atomic E-state index is -0.913. The van der Waals surface area contributed by atoms with E-state index in [9.17, 15) is 4.79 Å². The van der Waals surface area contributed by atoms with Crippen molar-refractivity contribution in [3.8, 4) is 0 Å². The summed E-state index contributed by atoms with van der Waals surface area (Å²) in [6.07, 6.45) is 4.04. The molecule has 0 aliphatic heterocycles. The van der Waals surface area contributed by atoms with E-state index in [4.69, 9.17) is 10.8 Å². The van der Waals surface area contributed by atoms with Gasteiger partial charge in [0.1, 0.15) is 6.04 Å². The van der Waals surface area contributed by atoms with Crippen LogP contribution in [-0.4, -0.2) is 22.4 Å². The van der Waals surface area contributed by atoms with Crippen LogP contribution in [0, 0.1) is 5.41 Å². The van der Waals surface area contributed by atoms with Crippen LogP contribution in [0.5, 0.6) is 0 Å². The summed E-state index contributed by atoms with van der Waals surface area (Å²) in [7, 11) is 0. The molecule has 1 fully saturated rings. The van der Waals surface area contributed by atoms with Crippen LogP contribution < -0.4 is 5.73 Å². The van der Waals surface area contributed by atoms with E-state index in [1.807, 2.05) is 6.92 Å². The van der Waals surface area contributed by atoms with Gasteiger partial charge in [-0.3, -0.25) is 4.79 Å². The third-order valence-electron chi connectivity index (χ3n) is 3.18. The summed E-state index contributed by atoms with van der Waals surface area (Å²) < 4.78 is 0. The molecule has 4 heteroatoms. The quantitative estimate of drug-likeness (QED) is 0.592. The zero-order chi connectivity index (χ0) is 10.1. The van der Waals surface area contributed by atoms with Crippen molar-refractivity contribution in [2.24, 2.45) is 11.1 Å². The SMILES string of the molecule is CC1(C(N)C(=O)O)CCCCC1S. The van der Waals surface area contributed by atoms with Gasteiger partial charge in [-0.2, -0.15) is 12.6 Å². The van der Waals surface area contributed by atoms with E-state index >= 15 is 0 Å². The van der Waals surface area contributed by atoms with Crippen molar-refractivity contribution in [2.45, 2.75) is 43.9 Å². The molecule has 0 spiro atoms. The Hall–Kier alpha value is -0.220. The highest BCUT2D eigenvalue weighted by Crippen LogP contribution is 2.41. The van der Waals surface area contributed by atoms with E-state index in [-0.39, 0.29) is 10.7 Å². The van der Waals surface area contributed by atoms with E-state index in [1.54, 1.807) is 0 Å². The molecule has 0 heterocycles. The maximum atomic E-state index is 10.8. The second kappa shape index (κ2) is 3.88. The molecular weight excluding hydrogens is 186 g/mol. The van der Waals surface area contributed by atoms with Crippen molar-refractivity contribution in [1.82, 2.24) is 0 Å². The number of nitrogens with two attached hydrogens (primary N) is 1. The molecule has 0 bridgehead atoms. The summed E-state index contributed by atoms with van der Waals surface area (Å²) in [5.41, 5.74) is 5.33. The van der Waals surface area contributed by atoms with Crippen LogP contribution in [0.2, 0.25) is 0 Å². The zero-order valence-electron chi connectivity index (χ0n) is 7.86. The average Bonchev–Trinajstić information content (AvgIpc) is 2.09. The third-order valence-corrected chi connectivity index (χ3v) is 4.03. The highest BCUT2D eigenvalue weighted by molar-refractivity contribution is 7.81. The first-order valence-electron chi connectivity index (χ1n) is 4.65. The fraction of sp³-hybridized carbons (Fsp3) is 0.889. The molecule has 76 valence electrons. The predicted molar refractivity (Wildman–Crippen MR) is 55.0 cm³/mol. The molecule has 0 saturated heterocycles. The van der Waals surface area contributed by atoms with Crippen LogP contribution in [0.15, 0.2) is 0 Å². The molecule has 0 aromatic rings. The predicted octanol–water partition coefficient (Wildman–Crippen LogP) is 1.28. The lowest BCUT2D eigenvalue weighted by Gasteiger charge is -2.41. The van der Waals surface area contributed by atoms with E-state index in [0.717, 1.165) is 25.7 Å². The van der Waals surface area contributed by atoms with E-state index in [1.165, 1.54) is 0 Å². The fourth-order valence-corrected chi connectivity index (χ4v) is 2.46.